The van der Waals surface area contributed by atoms with Gasteiger partial charge in [-0.2, -0.15) is 5.26 Å². The van der Waals surface area contributed by atoms with Crippen LogP contribution in [0.2, 0.25) is 5.02 Å². The molecule has 0 unspecified atom stereocenters. The van der Waals surface area contributed by atoms with Crippen LogP contribution in [0.15, 0.2) is 53.1 Å². The summed E-state index contributed by atoms with van der Waals surface area (Å²) in [5.74, 6) is -1.53. The first-order chi connectivity index (χ1) is 13.9. The first-order valence-electron chi connectivity index (χ1n) is 8.75. The topological polar surface area (TPSA) is 82.0 Å². The highest BCUT2D eigenvalue weighted by Crippen LogP contribution is 2.36. The molecule has 2 N–H and O–H groups in total. The minimum absolute atomic E-state index is 0.0313. The minimum atomic E-state index is -0.574. The lowest BCUT2D eigenvalue weighted by molar-refractivity contribution is -0.121. The molecule has 2 amide bonds. The second kappa shape index (κ2) is 9.12. The molecule has 2 aromatic carbocycles. The molecular weight excluding hydrogens is 413 g/mol. The third-order valence-corrected chi connectivity index (χ3v) is 5.69. The van der Waals surface area contributed by atoms with Crippen LogP contribution < -0.4 is 10.6 Å². The standard InChI is InChI=1S/C21H17ClFN3O2S/c1-12-2-4-13(5-3-12)15-9-19(27)26-21(16(15)10-24)29-11-20(28)25-14-6-7-18(23)17(22)8-14/h2-8,15H,9,11H2,1H3,(H,25,28)(H,26,27)/t15-/m0/s1. The lowest BCUT2D eigenvalue weighted by atomic mass is 9.87. The van der Waals surface area contributed by atoms with Crippen molar-refractivity contribution < 1.29 is 14.0 Å². The van der Waals surface area contributed by atoms with Gasteiger partial charge in [-0.05, 0) is 30.7 Å². The number of hydrogen-bond acceptors (Lipinski definition) is 4. The first-order valence-corrected chi connectivity index (χ1v) is 10.1. The number of carbonyl (C=O) groups excluding carboxylic acids is 2. The summed E-state index contributed by atoms with van der Waals surface area (Å²) < 4.78 is 13.2. The molecule has 2 aromatic rings. The van der Waals surface area contributed by atoms with Crippen LogP contribution in [0.1, 0.15) is 23.5 Å². The highest BCUT2D eigenvalue weighted by Gasteiger charge is 2.29. The number of allylic oxidation sites excluding steroid dienone is 1. The van der Waals surface area contributed by atoms with E-state index in [4.69, 9.17) is 11.6 Å². The normalized spacial score (nSPS) is 16.2. The first kappa shape index (κ1) is 20.9. The van der Waals surface area contributed by atoms with Gasteiger partial charge in [0.25, 0.3) is 0 Å². The zero-order valence-corrected chi connectivity index (χ0v) is 17.0. The van der Waals surface area contributed by atoms with E-state index in [2.05, 4.69) is 16.7 Å². The third kappa shape index (κ3) is 5.17. The van der Waals surface area contributed by atoms with E-state index in [1.807, 2.05) is 31.2 Å². The molecular formula is C21H17ClFN3O2S. The molecule has 148 valence electrons. The van der Waals surface area contributed by atoms with Crippen molar-refractivity contribution in [1.82, 2.24) is 5.32 Å². The van der Waals surface area contributed by atoms with E-state index >= 15 is 0 Å². The number of hydrogen-bond donors (Lipinski definition) is 2. The van der Waals surface area contributed by atoms with Gasteiger partial charge < -0.3 is 10.6 Å². The van der Waals surface area contributed by atoms with Crippen LogP contribution in [0.3, 0.4) is 0 Å². The van der Waals surface area contributed by atoms with Crippen LogP contribution in [0.4, 0.5) is 10.1 Å². The van der Waals surface area contributed by atoms with E-state index < -0.39 is 5.82 Å². The number of rotatable bonds is 5. The number of aryl methyl sites for hydroxylation is 1. The lowest BCUT2D eigenvalue weighted by Gasteiger charge is -2.25. The van der Waals surface area contributed by atoms with Crippen molar-refractivity contribution in [3.05, 3.63) is 75.0 Å². The maximum absolute atomic E-state index is 13.2. The van der Waals surface area contributed by atoms with Crippen LogP contribution in [0, 0.1) is 24.1 Å². The van der Waals surface area contributed by atoms with Crippen molar-refractivity contribution >= 4 is 40.9 Å². The van der Waals surface area contributed by atoms with Crippen molar-refractivity contribution in [2.75, 3.05) is 11.1 Å². The van der Waals surface area contributed by atoms with Crippen molar-refractivity contribution in [2.45, 2.75) is 19.3 Å². The quantitative estimate of drug-likeness (QED) is 0.733. The molecule has 8 heteroatoms. The molecule has 3 rings (SSSR count). The smallest absolute Gasteiger partial charge is 0.234 e. The van der Waals surface area contributed by atoms with Crippen molar-refractivity contribution in [3.8, 4) is 6.07 Å². The summed E-state index contributed by atoms with van der Waals surface area (Å²) in [4.78, 5) is 24.4. The molecule has 1 atom stereocenters. The van der Waals surface area contributed by atoms with Gasteiger partial charge in [0.2, 0.25) is 11.8 Å². The van der Waals surface area contributed by atoms with Gasteiger partial charge in [-0.25, -0.2) is 4.39 Å². The maximum atomic E-state index is 13.2. The SMILES string of the molecule is Cc1ccc([C@@H]2CC(=O)NC(SCC(=O)Nc3ccc(F)c(Cl)c3)=C2C#N)cc1. The zero-order chi connectivity index (χ0) is 21.0. The Morgan fingerprint density at radius 1 is 1.34 bits per heavy atom. The van der Waals surface area contributed by atoms with Gasteiger partial charge in [-0.1, -0.05) is 53.2 Å². The van der Waals surface area contributed by atoms with Gasteiger partial charge in [0.15, 0.2) is 0 Å². The number of benzene rings is 2. The molecule has 0 fully saturated rings. The highest BCUT2D eigenvalue weighted by molar-refractivity contribution is 8.03. The minimum Gasteiger partial charge on any atom is -0.325 e. The lowest BCUT2D eigenvalue weighted by Crippen LogP contribution is -2.31. The molecule has 0 aliphatic carbocycles. The number of anilines is 1. The summed E-state index contributed by atoms with van der Waals surface area (Å²) in [6.07, 6.45) is 0.177. The van der Waals surface area contributed by atoms with Gasteiger partial charge in [0.05, 0.1) is 27.4 Å². The van der Waals surface area contributed by atoms with Crippen molar-refractivity contribution in [3.63, 3.8) is 0 Å². The number of carbonyl (C=O) groups is 2. The Kier molecular flexibility index (Phi) is 6.57. The summed E-state index contributed by atoms with van der Waals surface area (Å²) in [5, 5.41) is 15.3. The van der Waals surface area contributed by atoms with Gasteiger partial charge in [-0.3, -0.25) is 9.59 Å². The van der Waals surface area contributed by atoms with Gasteiger partial charge >= 0.3 is 0 Å². The van der Waals surface area contributed by atoms with Gasteiger partial charge in [0, 0.05) is 18.0 Å². The molecule has 29 heavy (non-hydrogen) atoms. The van der Waals surface area contributed by atoms with Crippen LogP contribution in [0.25, 0.3) is 0 Å². The fourth-order valence-electron chi connectivity index (χ4n) is 2.93. The summed E-state index contributed by atoms with van der Waals surface area (Å²) in [6, 6.07) is 13.7. The Morgan fingerprint density at radius 3 is 2.72 bits per heavy atom. The molecule has 0 spiro atoms. The van der Waals surface area contributed by atoms with Crippen molar-refractivity contribution in [1.29, 1.82) is 5.26 Å². The Labute approximate surface area is 176 Å². The number of thioether (sulfide) groups is 1. The zero-order valence-electron chi connectivity index (χ0n) is 15.5. The van der Waals surface area contributed by atoms with Gasteiger partial charge in [0.1, 0.15) is 5.82 Å². The molecule has 1 aliphatic heterocycles. The largest absolute Gasteiger partial charge is 0.325 e. The molecule has 0 saturated heterocycles. The van der Waals surface area contributed by atoms with E-state index in [0.29, 0.717) is 16.3 Å². The Balaban J connectivity index is 1.74. The number of halogens is 2. The van der Waals surface area contributed by atoms with E-state index in [1.165, 1.54) is 12.1 Å². The van der Waals surface area contributed by atoms with E-state index in [1.54, 1.807) is 0 Å². The molecule has 0 aromatic heterocycles. The summed E-state index contributed by atoms with van der Waals surface area (Å²) in [5.41, 5.74) is 2.76. The Morgan fingerprint density at radius 2 is 2.07 bits per heavy atom. The predicted octanol–water partition coefficient (Wildman–Crippen LogP) is 4.50. The molecule has 0 saturated carbocycles. The average Bonchev–Trinajstić information content (AvgIpc) is 2.69. The van der Waals surface area contributed by atoms with Crippen LogP contribution in [-0.4, -0.2) is 17.6 Å². The van der Waals surface area contributed by atoms with Crippen LogP contribution in [0.5, 0.6) is 0 Å². The number of nitrogens with one attached hydrogen (secondary N) is 2. The van der Waals surface area contributed by atoms with E-state index in [-0.39, 0.29) is 34.9 Å². The summed E-state index contributed by atoms with van der Waals surface area (Å²) in [7, 11) is 0. The Hall–Kier alpha value is -2.82. The average molecular weight is 430 g/mol. The number of amides is 2. The van der Waals surface area contributed by atoms with Crippen molar-refractivity contribution in [2.24, 2.45) is 0 Å². The molecule has 5 nitrogen and oxygen atoms in total. The molecule has 0 bridgehead atoms. The summed E-state index contributed by atoms with van der Waals surface area (Å²) >= 11 is 6.79. The Bertz CT molecular complexity index is 1030. The molecule has 1 aliphatic rings. The summed E-state index contributed by atoms with van der Waals surface area (Å²) in [6.45, 7) is 1.96. The number of nitrogens with zero attached hydrogens (tertiary/aromatic N) is 1. The monoisotopic (exact) mass is 429 g/mol. The second-order valence-corrected chi connectivity index (χ2v) is 7.93. The second-order valence-electron chi connectivity index (χ2n) is 6.54. The van der Waals surface area contributed by atoms with E-state index in [0.717, 1.165) is 29.0 Å². The fourth-order valence-corrected chi connectivity index (χ4v) is 3.98. The maximum Gasteiger partial charge on any atom is 0.234 e. The highest BCUT2D eigenvalue weighted by atomic mass is 35.5. The predicted molar refractivity (Wildman–Crippen MR) is 112 cm³/mol. The van der Waals surface area contributed by atoms with E-state index in [9.17, 15) is 19.2 Å². The number of nitriles is 1. The molecule has 0 radical (unpaired) electrons. The van der Waals surface area contributed by atoms with Gasteiger partial charge in [-0.15, -0.1) is 0 Å². The third-order valence-electron chi connectivity index (χ3n) is 4.39. The van der Waals surface area contributed by atoms with Crippen LogP contribution in [-0.2, 0) is 9.59 Å². The van der Waals surface area contributed by atoms with Crippen LogP contribution >= 0.6 is 23.4 Å². The molecule has 1 heterocycles. The fraction of sp³-hybridized carbons (Fsp3) is 0.190.